The van der Waals surface area contributed by atoms with Crippen molar-refractivity contribution in [2.24, 2.45) is 0 Å². The summed E-state index contributed by atoms with van der Waals surface area (Å²) in [6.45, 7) is 5.20. The van der Waals surface area contributed by atoms with E-state index in [0.717, 1.165) is 70.6 Å². The van der Waals surface area contributed by atoms with E-state index in [4.69, 9.17) is 18.5 Å². The number of quaternary nitrogens is 1. The lowest BCUT2D eigenvalue weighted by molar-refractivity contribution is -0.870. The Balaban J connectivity index is 3.91. The maximum absolute atomic E-state index is 12.3. The molecule has 0 radical (unpaired) electrons. The lowest BCUT2D eigenvalue weighted by Crippen LogP contribution is -2.37. The zero-order valence-corrected chi connectivity index (χ0v) is 33.2. The molecule has 0 fully saturated rings. The summed E-state index contributed by atoms with van der Waals surface area (Å²) in [4.78, 5) is 22.2. The van der Waals surface area contributed by atoms with Crippen molar-refractivity contribution in [1.82, 2.24) is 0 Å². The summed E-state index contributed by atoms with van der Waals surface area (Å²) in [7, 11) is 1.64. The molecule has 0 rings (SSSR count). The minimum absolute atomic E-state index is 0.0816. The molecule has 2 unspecified atom stereocenters. The number of unbranched alkanes of at least 4 members (excludes halogenated alkanes) is 8. The van der Waals surface area contributed by atoms with E-state index in [9.17, 15) is 14.3 Å². The van der Waals surface area contributed by atoms with Gasteiger partial charge in [-0.25, -0.2) is 4.57 Å². The van der Waals surface area contributed by atoms with Crippen LogP contribution in [0.1, 0.15) is 123 Å². The Kier molecular flexibility index (Phi) is 32.6. The number of likely N-dealkylation sites (N-methyl/N-ethyl adjacent to an activating group) is 1. The first-order chi connectivity index (χ1) is 24.1. The van der Waals surface area contributed by atoms with Crippen LogP contribution >= 0.6 is 7.82 Å². The second kappa shape index (κ2) is 34.0. The summed E-state index contributed by atoms with van der Waals surface area (Å²) in [5.74, 6) is -0.358. The fourth-order valence-electron chi connectivity index (χ4n) is 4.53. The fourth-order valence-corrected chi connectivity index (χ4v) is 5.27. The number of ether oxygens (including phenoxy) is 2. The van der Waals surface area contributed by atoms with E-state index in [1.807, 2.05) is 28.1 Å². The van der Waals surface area contributed by atoms with Gasteiger partial charge >= 0.3 is 13.8 Å². The third-order valence-electron chi connectivity index (χ3n) is 7.53. The second-order valence-corrected chi connectivity index (χ2v) is 15.0. The molecule has 0 bridgehead atoms. The van der Waals surface area contributed by atoms with Crippen LogP contribution in [-0.4, -0.2) is 75.6 Å². The van der Waals surface area contributed by atoms with Crippen molar-refractivity contribution in [2.45, 2.75) is 129 Å². The fraction of sp³-hybridized carbons (Fsp3) is 0.683. The lowest BCUT2D eigenvalue weighted by atomic mass is 10.1. The summed E-state index contributed by atoms with van der Waals surface area (Å²) in [6, 6.07) is 0. The molecule has 0 saturated carbocycles. The highest BCUT2D eigenvalue weighted by atomic mass is 31.2. The molecule has 8 nitrogen and oxygen atoms in total. The van der Waals surface area contributed by atoms with E-state index in [1.165, 1.54) is 32.1 Å². The van der Waals surface area contributed by atoms with Crippen molar-refractivity contribution in [2.75, 3.05) is 54.1 Å². The van der Waals surface area contributed by atoms with Crippen molar-refractivity contribution in [3.8, 4) is 0 Å². The number of rotatable bonds is 34. The number of hydrogen-bond donors (Lipinski definition) is 1. The van der Waals surface area contributed by atoms with Crippen molar-refractivity contribution < 1.29 is 37.3 Å². The van der Waals surface area contributed by atoms with Gasteiger partial charge in [0.1, 0.15) is 19.3 Å². The number of carbonyl (C=O) groups excluding carboxylic acids is 1. The molecule has 0 aliphatic heterocycles. The highest BCUT2D eigenvalue weighted by Crippen LogP contribution is 2.43. The number of carbonyl (C=O) groups is 1. The summed E-state index contributed by atoms with van der Waals surface area (Å²) < 4.78 is 34.3. The van der Waals surface area contributed by atoms with Crippen LogP contribution in [-0.2, 0) is 27.9 Å². The van der Waals surface area contributed by atoms with Crippen molar-refractivity contribution in [1.29, 1.82) is 0 Å². The van der Waals surface area contributed by atoms with Gasteiger partial charge in [0, 0.05) is 13.0 Å². The van der Waals surface area contributed by atoms with Crippen LogP contribution in [0.5, 0.6) is 0 Å². The number of hydrogen-bond acceptors (Lipinski definition) is 6. The maximum Gasteiger partial charge on any atom is 0.472 e. The first kappa shape index (κ1) is 47.9. The zero-order chi connectivity index (χ0) is 37.0. The quantitative estimate of drug-likeness (QED) is 0.0232. The van der Waals surface area contributed by atoms with Gasteiger partial charge in [-0.1, -0.05) is 125 Å². The van der Waals surface area contributed by atoms with Gasteiger partial charge in [0.15, 0.2) is 0 Å². The van der Waals surface area contributed by atoms with Gasteiger partial charge in [0.05, 0.1) is 34.4 Å². The summed E-state index contributed by atoms with van der Waals surface area (Å²) >= 11 is 0. The molecule has 0 aromatic rings. The van der Waals surface area contributed by atoms with E-state index < -0.39 is 13.9 Å². The predicted molar refractivity (Wildman–Crippen MR) is 210 cm³/mol. The van der Waals surface area contributed by atoms with Gasteiger partial charge in [0.2, 0.25) is 0 Å². The molecule has 1 N–H and O–H groups in total. The normalized spacial score (nSPS) is 14.8. The number of nitrogens with zero attached hydrogens (tertiary/aromatic N) is 1. The molecular weight excluding hydrogens is 649 g/mol. The number of phosphoric acid groups is 1. The number of esters is 1. The Labute approximate surface area is 306 Å². The minimum atomic E-state index is -4.25. The molecule has 0 aromatic carbocycles. The van der Waals surface area contributed by atoms with Crippen LogP contribution in [0.15, 0.2) is 72.9 Å². The van der Waals surface area contributed by atoms with Crippen LogP contribution in [0, 0.1) is 0 Å². The first-order valence-corrected chi connectivity index (χ1v) is 20.7. The molecular formula is C41H73NO7P+. The lowest BCUT2D eigenvalue weighted by Gasteiger charge is -2.24. The average molecular weight is 723 g/mol. The zero-order valence-electron chi connectivity index (χ0n) is 32.4. The molecule has 9 heteroatoms. The highest BCUT2D eigenvalue weighted by molar-refractivity contribution is 7.47. The molecule has 0 heterocycles. The standard InChI is InChI=1S/C41H72NO7P/c1-6-8-10-11-12-13-14-15-16-17-18-19-20-21-22-23-24-25-26-27-28-29-30-31-32-33-36-46-38-40(49-41(43)34-9-7-2)39-48-50(44,45)47-37-35-42(3,4)5/h8,10,12-13,15-16,18-19,21-22,24-25,40H,6-7,9,11,14,17,20,23,26-39H2,1-5H3/p+1/b10-8-,13-12-,16-15-,19-18-,22-21-,25-24-. The Morgan fingerprint density at radius 3 is 1.66 bits per heavy atom. The first-order valence-electron chi connectivity index (χ1n) is 19.2. The Morgan fingerprint density at radius 1 is 0.640 bits per heavy atom. The average Bonchev–Trinajstić information content (AvgIpc) is 3.06. The summed E-state index contributed by atoms with van der Waals surface area (Å²) in [5, 5.41) is 0. The molecule has 0 saturated heterocycles. The van der Waals surface area contributed by atoms with Crippen LogP contribution in [0.2, 0.25) is 0 Å². The molecule has 0 aliphatic carbocycles. The van der Waals surface area contributed by atoms with E-state index in [1.54, 1.807) is 0 Å². The van der Waals surface area contributed by atoms with E-state index in [2.05, 4.69) is 79.8 Å². The Morgan fingerprint density at radius 2 is 1.14 bits per heavy atom. The van der Waals surface area contributed by atoms with E-state index >= 15 is 0 Å². The molecule has 288 valence electrons. The van der Waals surface area contributed by atoms with Gasteiger partial charge in [0.25, 0.3) is 0 Å². The topological polar surface area (TPSA) is 91.3 Å². The highest BCUT2D eigenvalue weighted by Gasteiger charge is 2.26. The van der Waals surface area contributed by atoms with Gasteiger partial charge in [-0.2, -0.15) is 0 Å². The van der Waals surface area contributed by atoms with E-state index in [-0.39, 0.29) is 25.8 Å². The molecule has 0 aliphatic rings. The molecule has 0 amide bonds. The van der Waals surface area contributed by atoms with Gasteiger partial charge < -0.3 is 18.9 Å². The molecule has 50 heavy (non-hydrogen) atoms. The maximum atomic E-state index is 12.3. The Hall–Kier alpha value is -2.06. The third kappa shape index (κ3) is 37.2. The van der Waals surface area contributed by atoms with Gasteiger partial charge in [-0.15, -0.1) is 0 Å². The van der Waals surface area contributed by atoms with Crippen LogP contribution < -0.4 is 0 Å². The van der Waals surface area contributed by atoms with Gasteiger partial charge in [-0.05, 0) is 64.2 Å². The molecule has 0 spiro atoms. The van der Waals surface area contributed by atoms with E-state index in [0.29, 0.717) is 24.1 Å². The monoisotopic (exact) mass is 723 g/mol. The summed E-state index contributed by atoms with van der Waals surface area (Å²) in [6.07, 6.45) is 43.3. The Bertz CT molecular complexity index is 1030. The molecule has 2 atom stereocenters. The predicted octanol–water partition coefficient (Wildman–Crippen LogP) is 10.8. The smallest absolute Gasteiger partial charge is 0.457 e. The van der Waals surface area contributed by atoms with Crippen LogP contribution in [0.3, 0.4) is 0 Å². The van der Waals surface area contributed by atoms with Crippen molar-refractivity contribution in [3.63, 3.8) is 0 Å². The SMILES string of the molecule is CC/C=C\C/C=C\C/C=C\C/C=C\C/C=C\C/C=C\CCCCCCCCCOCC(COP(=O)(O)OCC[N+](C)(C)C)OC(=O)CCCC. The third-order valence-corrected chi connectivity index (χ3v) is 8.52. The van der Waals surface area contributed by atoms with Gasteiger partial charge in [-0.3, -0.25) is 13.8 Å². The van der Waals surface area contributed by atoms with Crippen molar-refractivity contribution >= 4 is 13.8 Å². The molecule has 0 aromatic heterocycles. The van der Waals surface area contributed by atoms with Crippen LogP contribution in [0.4, 0.5) is 0 Å². The minimum Gasteiger partial charge on any atom is -0.457 e. The summed E-state index contributed by atoms with van der Waals surface area (Å²) in [5.41, 5.74) is 0. The largest absolute Gasteiger partial charge is 0.472 e. The number of allylic oxidation sites excluding steroid dienone is 12. The van der Waals surface area contributed by atoms with Crippen molar-refractivity contribution in [3.05, 3.63) is 72.9 Å². The van der Waals surface area contributed by atoms with Crippen LogP contribution in [0.25, 0.3) is 0 Å². The number of phosphoric ester groups is 1. The second-order valence-electron chi connectivity index (χ2n) is 13.6.